The average Bonchev–Trinajstić information content (AvgIpc) is 2.56. The van der Waals surface area contributed by atoms with Gasteiger partial charge in [0.15, 0.2) is 4.77 Å². The predicted molar refractivity (Wildman–Crippen MR) is 69.4 cm³/mol. The third-order valence-corrected chi connectivity index (χ3v) is 3.05. The number of rotatable bonds is 5. The number of hydrogen-bond donors (Lipinski definition) is 1. The van der Waals surface area contributed by atoms with Gasteiger partial charge in [-0.25, -0.2) is 5.10 Å². The summed E-state index contributed by atoms with van der Waals surface area (Å²) in [4.78, 5) is 2.13. The number of nitrogens with zero attached hydrogens (tertiary/aromatic N) is 3. The second-order valence-corrected chi connectivity index (χ2v) is 5.08. The topological polar surface area (TPSA) is 36.9 Å². The maximum Gasteiger partial charge on any atom is 0.225 e. The molecular formula is C9H18N4S2. The Morgan fingerprint density at radius 2 is 2.27 bits per heavy atom. The lowest BCUT2D eigenvalue weighted by atomic mass is 10.4. The molecule has 6 heteroatoms. The summed E-state index contributed by atoms with van der Waals surface area (Å²) in [5.41, 5.74) is 0. The summed E-state index contributed by atoms with van der Waals surface area (Å²) in [6.07, 6.45) is 2.10. The van der Waals surface area contributed by atoms with Crippen LogP contribution in [0.5, 0.6) is 0 Å². The van der Waals surface area contributed by atoms with Crippen LogP contribution in [-0.2, 0) is 0 Å². The third-order valence-electron chi connectivity index (χ3n) is 2.17. The molecule has 0 saturated carbocycles. The summed E-state index contributed by atoms with van der Waals surface area (Å²) in [5.74, 6) is 2.01. The lowest BCUT2D eigenvalue weighted by Crippen LogP contribution is -2.24. The minimum atomic E-state index is 0.336. The first-order chi connectivity index (χ1) is 7.07. The van der Waals surface area contributed by atoms with Crippen LogP contribution in [0.3, 0.4) is 0 Å². The minimum absolute atomic E-state index is 0.336. The fourth-order valence-electron chi connectivity index (χ4n) is 1.36. The molecule has 0 unspecified atom stereocenters. The van der Waals surface area contributed by atoms with Crippen molar-refractivity contribution >= 4 is 29.9 Å². The van der Waals surface area contributed by atoms with E-state index in [0.29, 0.717) is 10.8 Å². The molecule has 1 heterocycles. The van der Waals surface area contributed by atoms with Gasteiger partial charge in [0.05, 0.1) is 0 Å². The Morgan fingerprint density at radius 1 is 1.60 bits per heavy atom. The third kappa shape index (κ3) is 2.98. The summed E-state index contributed by atoms with van der Waals surface area (Å²) in [5, 5.41) is 7.10. The average molecular weight is 246 g/mol. The summed E-state index contributed by atoms with van der Waals surface area (Å²) in [7, 11) is 2.04. The van der Waals surface area contributed by atoms with Gasteiger partial charge in [0.25, 0.3) is 0 Å². The molecule has 15 heavy (non-hydrogen) atoms. The van der Waals surface area contributed by atoms with Crippen LogP contribution in [0.4, 0.5) is 5.95 Å². The smallest absolute Gasteiger partial charge is 0.225 e. The van der Waals surface area contributed by atoms with Crippen molar-refractivity contribution in [3.05, 3.63) is 4.77 Å². The first-order valence-electron chi connectivity index (χ1n) is 4.95. The van der Waals surface area contributed by atoms with E-state index < -0.39 is 0 Å². The van der Waals surface area contributed by atoms with Crippen LogP contribution in [0.1, 0.15) is 19.9 Å². The largest absolute Gasteiger partial charge is 0.343 e. The minimum Gasteiger partial charge on any atom is -0.343 e. The fourth-order valence-corrected chi connectivity index (χ4v) is 2.15. The molecule has 1 aromatic rings. The van der Waals surface area contributed by atoms with Crippen molar-refractivity contribution in [2.24, 2.45) is 0 Å². The standard InChI is InChI=1S/C9H18N4S2/c1-7(2)13-8(10-11-9(13)14)12(3)5-6-15-4/h7H,5-6H2,1-4H3,(H,11,14). The van der Waals surface area contributed by atoms with Gasteiger partial charge < -0.3 is 4.90 Å². The van der Waals surface area contributed by atoms with E-state index in [-0.39, 0.29) is 0 Å². The molecule has 0 fully saturated rings. The van der Waals surface area contributed by atoms with Gasteiger partial charge in [-0.15, -0.1) is 5.10 Å². The molecule has 0 aromatic carbocycles. The Balaban J connectivity index is 2.88. The van der Waals surface area contributed by atoms with Gasteiger partial charge in [0.1, 0.15) is 0 Å². The Kier molecular flexibility index (Phi) is 4.66. The number of aromatic nitrogens is 3. The van der Waals surface area contributed by atoms with Crippen molar-refractivity contribution in [1.82, 2.24) is 14.8 Å². The van der Waals surface area contributed by atoms with Crippen LogP contribution in [0.2, 0.25) is 0 Å². The Labute approximate surface area is 100 Å². The van der Waals surface area contributed by atoms with Crippen molar-refractivity contribution < 1.29 is 0 Å². The van der Waals surface area contributed by atoms with Crippen LogP contribution in [-0.4, -0.2) is 40.4 Å². The van der Waals surface area contributed by atoms with E-state index in [1.54, 1.807) is 0 Å². The number of nitrogens with one attached hydrogen (secondary N) is 1. The van der Waals surface area contributed by atoms with Crippen molar-refractivity contribution in [2.45, 2.75) is 19.9 Å². The molecule has 0 bridgehead atoms. The maximum atomic E-state index is 5.19. The van der Waals surface area contributed by atoms with E-state index >= 15 is 0 Å². The van der Waals surface area contributed by atoms with E-state index in [0.717, 1.165) is 18.2 Å². The molecule has 1 rings (SSSR count). The molecule has 0 atom stereocenters. The van der Waals surface area contributed by atoms with E-state index in [1.807, 2.05) is 23.4 Å². The summed E-state index contributed by atoms with van der Waals surface area (Å²) in [6.45, 7) is 5.20. The molecule has 0 aliphatic carbocycles. The Hall–Kier alpha value is -0.490. The highest BCUT2D eigenvalue weighted by Crippen LogP contribution is 2.16. The molecule has 0 radical (unpaired) electrons. The van der Waals surface area contributed by atoms with Gasteiger partial charge >= 0.3 is 0 Å². The molecule has 0 aliphatic rings. The lowest BCUT2D eigenvalue weighted by Gasteiger charge is -2.19. The quantitative estimate of drug-likeness (QED) is 0.809. The molecule has 0 amide bonds. The second-order valence-electron chi connectivity index (χ2n) is 3.71. The summed E-state index contributed by atoms with van der Waals surface area (Å²) >= 11 is 7.02. The number of anilines is 1. The van der Waals surface area contributed by atoms with E-state index in [2.05, 4.69) is 35.2 Å². The van der Waals surface area contributed by atoms with Crippen LogP contribution in [0.15, 0.2) is 0 Å². The number of thioether (sulfide) groups is 1. The highest BCUT2D eigenvalue weighted by molar-refractivity contribution is 7.98. The fraction of sp³-hybridized carbons (Fsp3) is 0.778. The van der Waals surface area contributed by atoms with Crippen molar-refractivity contribution in [3.63, 3.8) is 0 Å². The van der Waals surface area contributed by atoms with E-state index in [1.165, 1.54) is 0 Å². The first-order valence-corrected chi connectivity index (χ1v) is 6.75. The van der Waals surface area contributed by atoms with E-state index in [4.69, 9.17) is 12.2 Å². The second kappa shape index (κ2) is 5.55. The number of aromatic amines is 1. The van der Waals surface area contributed by atoms with Crippen LogP contribution >= 0.6 is 24.0 Å². The van der Waals surface area contributed by atoms with Gasteiger partial charge in [0.2, 0.25) is 5.95 Å². The first kappa shape index (κ1) is 12.6. The molecule has 0 spiro atoms. The van der Waals surface area contributed by atoms with Gasteiger partial charge in [0, 0.05) is 25.4 Å². The molecule has 0 saturated heterocycles. The highest BCUT2D eigenvalue weighted by Gasteiger charge is 2.12. The zero-order valence-electron chi connectivity index (χ0n) is 9.65. The zero-order chi connectivity index (χ0) is 11.4. The zero-order valence-corrected chi connectivity index (χ0v) is 11.3. The van der Waals surface area contributed by atoms with E-state index in [9.17, 15) is 0 Å². The SMILES string of the molecule is CSCCN(C)c1n[nH]c(=S)n1C(C)C. The highest BCUT2D eigenvalue weighted by atomic mass is 32.2. The van der Waals surface area contributed by atoms with Crippen LogP contribution in [0, 0.1) is 4.77 Å². The van der Waals surface area contributed by atoms with Crippen molar-refractivity contribution in [2.75, 3.05) is 30.5 Å². The molecule has 1 N–H and O–H groups in total. The van der Waals surface area contributed by atoms with Crippen LogP contribution in [0.25, 0.3) is 0 Å². The van der Waals surface area contributed by atoms with Crippen molar-refractivity contribution in [3.8, 4) is 0 Å². The number of H-pyrrole nitrogens is 1. The summed E-state index contributed by atoms with van der Waals surface area (Å²) < 4.78 is 2.73. The normalized spacial score (nSPS) is 11.0. The van der Waals surface area contributed by atoms with Crippen molar-refractivity contribution in [1.29, 1.82) is 0 Å². The molecule has 1 aromatic heterocycles. The summed E-state index contributed by atoms with van der Waals surface area (Å²) in [6, 6.07) is 0.336. The molecule has 4 nitrogen and oxygen atoms in total. The van der Waals surface area contributed by atoms with Gasteiger partial charge in [-0.05, 0) is 32.3 Å². The Morgan fingerprint density at radius 3 is 2.80 bits per heavy atom. The van der Waals surface area contributed by atoms with Gasteiger partial charge in [-0.1, -0.05) is 0 Å². The maximum absolute atomic E-state index is 5.19. The molecule has 0 aliphatic heterocycles. The number of hydrogen-bond acceptors (Lipinski definition) is 4. The Bertz CT molecular complexity index is 355. The molecular weight excluding hydrogens is 228 g/mol. The lowest BCUT2D eigenvalue weighted by molar-refractivity contribution is 0.586. The van der Waals surface area contributed by atoms with Crippen LogP contribution < -0.4 is 4.90 Å². The van der Waals surface area contributed by atoms with Gasteiger partial charge in [-0.2, -0.15) is 11.8 Å². The molecule has 86 valence electrons. The predicted octanol–water partition coefficient (Wildman–Crippen LogP) is 2.32. The monoisotopic (exact) mass is 246 g/mol. The van der Waals surface area contributed by atoms with Gasteiger partial charge in [-0.3, -0.25) is 4.57 Å².